The van der Waals surface area contributed by atoms with Gasteiger partial charge in [-0.1, -0.05) is 0 Å². The van der Waals surface area contributed by atoms with Gasteiger partial charge in [0, 0.05) is 37.5 Å². The van der Waals surface area contributed by atoms with E-state index in [4.69, 9.17) is 0 Å². The number of rotatable bonds is 4. The van der Waals surface area contributed by atoms with Gasteiger partial charge in [0.15, 0.2) is 0 Å². The summed E-state index contributed by atoms with van der Waals surface area (Å²) >= 11 is 0. The number of carbonyl (C=O) groups excluding carboxylic acids is 3. The fourth-order valence-corrected chi connectivity index (χ4v) is 3.09. The number of anilines is 2. The van der Waals surface area contributed by atoms with Gasteiger partial charge >= 0.3 is 0 Å². The molecule has 0 spiro atoms. The molecular formula is C18H22FN3O3. The van der Waals surface area contributed by atoms with Crippen molar-refractivity contribution >= 4 is 29.1 Å². The molecule has 1 saturated heterocycles. The first-order valence-electron chi connectivity index (χ1n) is 8.61. The summed E-state index contributed by atoms with van der Waals surface area (Å²) in [7, 11) is 0. The summed E-state index contributed by atoms with van der Waals surface area (Å²) in [4.78, 5) is 37.4. The van der Waals surface area contributed by atoms with Crippen LogP contribution >= 0.6 is 0 Å². The lowest BCUT2D eigenvalue weighted by Gasteiger charge is -2.31. The number of nitrogens with zero attached hydrogens (tertiary/aromatic N) is 1. The number of nitrogens with one attached hydrogen (secondary N) is 2. The third-order valence-electron chi connectivity index (χ3n) is 4.65. The van der Waals surface area contributed by atoms with Crippen LogP contribution in [0.2, 0.25) is 0 Å². The van der Waals surface area contributed by atoms with Gasteiger partial charge in [0.2, 0.25) is 17.7 Å². The van der Waals surface area contributed by atoms with E-state index in [0.717, 1.165) is 12.8 Å². The highest BCUT2D eigenvalue weighted by Crippen LogP contribution is 2.32. The van der Waals surface area contributed by atoms with E-state index >= 15 is 0 Å². The zero-order chi connectivity index (χ0) is 18.0. The second-order valence-electron chi connectivity index (χ2n) is 6.74. The number of piperidine rings is 1. The summed E-state index contributed by atoms with van der Waals surface area (Å²) in [5, 5.41) is 5.16. The van der Waals surface area contributed by atoms with Gasteiger partial charge < -0.3 is 15.5 Å². The Morgan fingerprint density at radius 1 is 1.04 bits per heavy atom. The molecule has 0 bridgehead atoms. The average Bonchev–Trinajstić information content (AvgIpc) is 3.42. The lowest BCUT2D eigenvalue weighted by molar-refractivity contribution is -0.135. The molecule has 6 nitrogen and oxygen atoms in total. The first-order valence-corrected chi connectivity index (χ1v) is 8.61. The van der Waals surface area contributed by atoms with E-state index in [-0.39, 0.29) is 35.2 Å². The van der Waals surface area contributed by atoms with Gasteiger partial charge in [-0.3, -0.25) is 14.4 Å². The fourth-order valence-electron chi connectivity index (χ4n) is 3.09. The number of benzene rings is 1. The Bertz CT molecular complexity index is 695. The van der Waals surface area contributed by atoms with Gasteiger partial charge in [0.25, 0.3) is 0 Å². The molecule has 1 aromatic carbocycles. The van der Waals surface area contributed by atoms with Crippen LogP contribution in [0.1, 0.15) is 32.6 Å². The maximum atomic E-state index is 13.9. The van der Waals surface area contributed by atoms with Gasteiger partial charge in [-0.25, -0.2) is 4.39 Å². The second kappa shape index (κ2) is 7.21. The first-order chi connectivity index (χ1) is 11.9. The van der Waals surface area contributed by atoms with Crippen molar-refractivity contribution in [2.75, 3.05) is 23.7 Å². The molecule has 2 fully saturated rings. The molecule has 0 aromatic heterocycles. The third-order valence-corrected chi connectivity index (χ3v) is 4.65. The SMILES string of the molecule is CC(=O)Nc1ccc(F)c(NC(=O)C2CCN(C(=O)C3CC3)CC2)c1. The Balaban J connectivity index is 1.57. The Labute approximate surface area is 145 Å². The van der Waals surface area contributed by atoms with Crippen molar-refractivity contribution in [2.24, 2.45) is 11.8 Å². The summed E-state index contributed by atoms with van der Waals surface area (Å²) in [5.41, 5.74) is 0.474. The quantitative estimate of drug-likeness (QED) is 0.878. The van der Waals surface area contributed by atoms with Gasteiger partial charge in [0.05, 0.1) is 5.69 Å². The second-order valence-corrected chi connectivity index (χ2v) is 6.74. The first kappa shape index (κ1) is 17.4. The van der Waals surface area contributed by atoms with Crippen molar-refractivity contribution < 1.29 is 18.8 Å². The standard InChI is InChI=1S/C18H22FN3O3/c1-11(23)20-14-4-5-15(19)16(10-14)21-17(24)12-6-8-22(9-7-12)18(25)13-2-3-13/h4-5,10,12-13H,2-3,6-9H2,1H3,(H,20,23)(H,21,24). The molecule has 7 heteroatoms. The minimum absolute atomic E-state index is 0.0488. The largest absolute Gasteiger partial charge is 0.342 e. The smallest absolute Gasteiger partial charge is 0.227 e. The molecular weight excluding hydrogens is 325 g/mol. The van der Waals surface area contributed by atoms with E-state index in [0.29, 0.717) is 31.6 Å². The molecule has 1 aliphatic heterocycles. The van der Waals surface area contributed by atoms with Crippen LogP contribution in [0, 0.1) is 17.7 Å². The Hall–Kier alpha value is -2.44. The van der Waals surface area contributed by atoms with Crippen molar-refractivity contribution in [1.82, 2.24) is 4.90 Å². The maximum absolute atomic E-state index is 13.9. The lowest BCUT2D eigenvalue weighted by Crippen LogP contribution is -2.42. The highest BCUT2D eigenvalue weighted by molar-refractivity contribution is 5.94. The number of halogens is 1. The highest BCUT2D eigenvalue weighted by atomic mass is 19.1. The van der Waals surface area contributed by atoms with Gasteiger partial charge in [-0.2, -0.15) is 0 Å². The van der Waals surface area contributed by atoms with Crippen LogP contribution in [-0.4, -0.2) is 35.7 Å². The number of likely N-dealkylation sites (tertiary alicyclic amines) is 1. The maximum Gasteiger partial charge on any atom is 0.227 e. The number of carbonyl (C=O) groups is 3. The van der Waals surface area contributed by atoms with Crippen molar-refractivity contribution in [3.05, 3.63) is 24.0 Å². The number of hydrogen-bond acceptors (Lipinski definition) is 3. The monoisotopic (exact) mass is 347 g/mol. The molecule has 1 aromatic rings. The third kappa shape index (κ3) is 4.35. The average molecular weight is 347 g/mol. The summed E-state index contributed by atoms with van der Waals surface area (Å²) in [5.74, 6) is -0.922. The van der Waals surface area contributed by atoms with E-state index in [1.54, 1.807) is 0 Å². The summed E-state index contributed by atoms with van der Waals surface area (Å²) in [6.07, 6.45) is 3.11. The molecule has 1 saturated carbocycles. The zero-order valence-corrected chi connectivity index (χ0v) is 14.2. The van der Waals surface area contributed by atoms with Crippen molar-refractivity contribution in [2.45, 2.75) is 32.6 Å². The zero-order valence-electron chi connectivity index (χ0n) is 14.2. The Morgan fingerprint density at radius 3 is 2.32 bits per heavy atom. The summed E-state index contributed by atoms with van der Waals surface area (Å²) < 4.78 is 13.9. The fraction of sp³-hybridized carbons (Fsp3) is 0.500. The number of amides is 3. The van der Waals surface area contributed by atoms with Crippen molar-refractivity contribution in [1.29, 1.82) is 0 Å². The highest BCUT2D eigenvalue weighted by Gasteiger charge is 2.36. The lowest BCUT2D eigenvalue weighted by atomic mass is 9.95. The molecule has 1 aliphatic carbocycles. The molecule has 1 heterocycles. The van der Waals surface area contributed by atoms with E-state index in [2.05, 4.69) is 10.6 Å². The topological polar surface area (TPSA) is 78.5 Å². The minimum Gasteiger partial charge on any atom is -0.342 e. The van der Waals surface area contributed by atoms with Crippen LogP contribution < -0.4 is 10.6 Å². The molecule has 25 heavy (non-hydrogen) atoms. The van der Waals surface area contributed by atoms with E-state index in [1.165, 1.54) is 25.1 Å². The normalized spacial score (nSPS) is 17.9. The van der Waals surface area contributed by atoms with Crippen LogP contribution in [0.5, 0.6) is 0 Å². The molecule has 3 amide bonds. The molecule has 2 N–H and O–H groups in total. The van der Waals surface area contributed by atoms with Gasteiger partial charge in [0.1, 0.15) is 5.82 Å². The van der Waals surface area contributed by atoms with Crippen LogP contribution in [0.4, 0.5) is 15.8 Å². The minimum atomic E-state index is -0.552. The van der Waals surface area contributed by atoms with Crippen LogP contribution in [0.25, 0.3) is 0 Å². The molecule has 2 aliphatic rings. The van der Waals surface area contributed by atoms with E-state index in [9.17, 15) is 18.8 Å². The van der Waals surface area contributed by atoms with Crippen LogP contribution in [0.15, 0.2) is 18.2 Å². The molecule has 134 valence electrons. The summed E-state index contributed by atoms with van der Waals surface area (Å²) in [6, 6.07) is 4.05. The Morgan fingerprint density at radius 2 is 1.72 bits per heavy atom. The van der Waals surface area contributed by atoms with Crippen molar-refractivity contribution in [3.8, 4) is 0 Å². The molecule has 0 radical (unpaired) electrons. The van der Waals surface area contributed by atoms with E-state index in [1.807, 2.05) is 4.90 Å². The molecule has 3 rings (SSSR count). The van der Waals surface area contributed by atoms with Gasteiger partial charge in [-0.05, 0) is 43.9 Å². The van der Waals surface area contributed by atoms with Crippen LogP contribution in [0.3, 0.4) is 0 Å². The number of hydrogen-bond donors (Lipinski definition) is 2. The predicted octanol–water partition coefficient (Wildman–Crippen LogP) is 2.37. The summed E-state index contributed by atoms with van der Waals surface area (Å²) in [6.45, 7) is 2.50. The molecule has 0 unspecified atom stereocenters. The molecule has 0 atom stereocenters. The Kier molecular flexibility index (Phi) is 5.01. The van der Waals surface area contributed by atoms with Crippen LogP contribution in [-0.2, 0) is 14.4 Å². The predicted molar refractivity (Wildman–Crippen MR) is 91.4 cm³/mol. The van der Waals surface area contributed by atoms with Gasteiger partial charge in [-0.15, -0.1) is 0 Å². The van der Waals surface area contributed by atoms with E-state index < -0.39 is 5.82 Å². The van der Waals surface area contributed by atoms with Crippen molar-refractivity contribution in [3.63, 3.8) is 0 Å².